The van der Waals surface area contributed by atoms with Gasteiger partial charge in [0.25, 0.3) is 0 Å². The maximum absolute atomic E-state index is 10.5. The van der Waals surface area contributed by atoms with Crippen LogP contribution in [0.15, 0.2) is 11.8 Å². The van der Waals surface area contributed by atoms with Crippen LogP contribution in [0.5, 0.6) is 0 Å². The fraction of sp³-hybridized carbons (Fsp3) is 0.600. The Labute approximate surface area is 88.0 Å². The van der Waals surface area contributed by atoms with Gasteiger partial charge in [-0.2, -0.15) is 0 Å². The molecule has 1 heterocycles. The lowest BCUT2D eigenvalue weighted by molar-refractivity contribution is -0.137. The summed E-state index contributed by atoms with van der Waals surface area (Å²) in [4.78, 5) is 22.8. The van der Waals surface area contributed by atoms with Gasteiger partial charge in [0.15, 0.2) is 0 Å². The average Bonchev–Trinajstić information content (AvgIpc) is 2.15. The minimum absolute atomic E-state index is 0.0525. The Bertz CT molecular complexity index is 285. The molecule has 1 saturated heterocycles. The van der Waals surface area contributed by atoms with Crippen molar-refractivity contribution in [1.82, 2.24) is 4.90 Å². The van der Waals surface area contributed by atoms with E-state index in [4.69, 9.17) is 10.2 Å². The van der Waals surface area contributed by atoms with Gasteiger partial charge in [0, 0.05) is 24.9 Å². The summed E-state index contributed by atoms with van der Waals surface area (Å²) in [5, 5.41) is 17.2. The predicted molar refractivity (Wildman–Crippen MR) is 53.4 cm³/mol. The second-order valence-corrected chi connectivity index (χ2v) is 3.56. The molecule has 1 fully saturated rings. The Hall–Kier alpha value is -1.52. The van der Waals surface area contributed by atoms with Gasteiger partial charge < -0.3 is 15.1 Å². The summed E-state index contributed by atoms with van der Waals surface area (Å²) >= 11 is 0. The molecule has 0 bridgehead atoms. The largest absolute Gasteiger partial charge is 0.481 e. The van der Waals surface area contributed by atoms with Crippen LogP contribution in [0, 0.1) is 0 Å². The van der Waals surface area contributed by atoms with Crippen LogP contribution in [0.2, 0.25) is 0 Å². The third-order valence-electron chi connectivity index (χ3n) is 2.40. The molecule has 2 N–H and O–H groups in total. The number of carboxylic acid groups (broad SMARTS) is 2. The molecule has 0 atom stereocenters. The lowest BCUT2D eigenvalue weighted by atomic mass is 10.1. The highest BCUT2D eigenvalue weighted by atomic mass is 16.4. The number of rotatable bonds is 4. The van der Waals surface area contributed by atoms with Crippen molar-refractivity contribution in [3.63, 3.8) is 0 Å². The molecule has 15 heavy (non-hydrogen) atoms. The minimum Gasteiger partial charge on any atom is -0.481 e. The van der Waals surface area contributed by atoms with E-state index < -0.39 is 11.9 Å². The van der Waals surface area contributed by atoms with Gasteiger partial charge in [-0.3, -0.25) is 4.79 Å². The number of carboxylic acids is 2. The molecule has 0 spiro atoms. The van der Waals surface area contributed by atoms with E-state index in [0.717, 1.165) is 31.5 Å². The van der Waals surface area contributed by atoms with Crippen LogP contribution in [-0.2, 0) is 9.59 Å². The van der Waals surface area contributed by atoms with E-state index in [1.165, 1.54) is 6.08 Å². The van der Waals surface area contributed by atoms with Crippen molar-refractivity contribution in [3.05, 3.63) is 11.8 Å². The van der Waals surface area contributed by atoms with E-state index in [2.05, 4.69) is 0 Å². The number of piperidine rings is 1. The number of allylic oxidation sites excluding steroid dienone is 1. The third kappa shape index (κ3) is 4.01. The first-order chi connectivity index (χ1) is 7.09. The number of carbonyl (C=O) groups is 2. The molecule has 0 amide bonds. The van der Waals surface area contributed by atoms with Crippen LogP contribution in [0.4, 0.5) is 0 Å². The van der Waals surface area contributed by atoms with Crippen LogP contribution in [0.25, 0.3) is 0 Å². The first-order valence-electron chi connectivity index (χ1n) is 5.00. The van der Waals surface area contributed by atoms with Gasteiger partial charge in [0.1, 0.15) is 0 Å². The number of hydrogen-bond acceptors (Lipinski definition) is 3. The maximum atomic E-state index is 10.5. The number of nitrogens with zero attached hydrogens (tertiary/aromatic N) is 1. The molecule has 0 radical (unpaired) electrons. The van der Waals surface area contributed by atoms with Gasteiger partial charge in [0.2, 0.25) is 0 Å². The zero-order valence-electron chi connectivity index (χ0n) is 8.48. The zero-order valence-corrected chi connectivity index (χ0v) is 8.48. The fourth-order valence-electron chi connectivity index (χ4n) is 1.70. The van der Waals surface area contributed by atoms with Crippen molar-refractivity contribution in [2.75, 3.05) is 13.1 Å². The summed E-state index contributed by atoms with van der Waals surface area (Å²) in [6, 6.07) is 0. The summed E-state index contributed by atoms with van der Waals surface area (Å²) in [6.07, 6.45) is 3.93. The normalized spacial score (nSPS) is 19.2. The van der Waals surface area contributed by atoms with Crippen LogP contribution < -0.4 is 0 Å². The Kier molecular flexibility index (Phi) is 4.15. The molecule has 1 rings (SSSR count). The Morgan fingerprint density at radius 3 is 2.67 bits per heavy atom. The summed E-state index contributed by atoms with van der Waals surface area (Å²) in [7, 11) is 0. The highest BCUT2D eigenvalue weighted by Gasteiger charge is 2.16. The van der Waals surface area contributed by atoms with Crippen molar-refractivity contribution >= 4 is 11.9 Å². The fourth-order valence-corrected chi connectivity index (χ4v) is 1.70. The van der Waals surface area contributed by atoms with E-state index in [-0.39, 0.29) is 6.42 Å². The summed E-state index contributed by atoms with van der Waals surface area (Å²) < 4.78 is 0. The summed E-state index contributed by atoms with van der Waals surface area (Å²) in [5.74, 6) is -1.82. The second kappa shape index (κ2) is 5.38. The highest BCUT2D eigenvalue weighted by Crippen LogP contribution is 2.20. The van der Waals surface area contributed by atoms with Gasteiger partial charge in [0.05, 0.1) is 6.42 Å². The quantitative estimate of drug-likeness (QED) is 0.679. The van der Waals surface area contributed by atoms with Crippen molar-refractivity contribution in [3.8, 4) is 0 Å². The predicted octanol–water partition coefficient (Wildman–Crippen LogP) is 0.915. The first kappa shape index (κ1) is 11.6. The number of hydrogen-bond donors (Lipinski definition) is 2. The van der Waals surface area contributed by atoms with Crippen LogP contribution in [0.3, 0.4) is 0 Å². The Balaban J connectivity index is 2.57. The van der Waals surface area contributed by atoms with Crippen LogP contribution in [0.1, 0.15) is 25.7 Å². The Morgan fingerprint density at radius 1 is 1.33 bits per heavy atom. The van der Waals surface area contributed by atoms with E-state index in [1.807, 2.05) is 4.90 Å². The lowest BCUT2D eigenvalue weighted by Crippen LogP contribution is -2.30. The lowest BCUT2D eigenvalue weighted by Gasteiger charge is -2.30. The van der Waals surface area contributed by atoms with Crippen LogP contribution in [-0.4, -0.2) is 40.1 Å². The second-order valence-electron chi connectivity index (χ2n) is 3.56. The number of likely N-dealkylation sites (tertiary alicyclic amines) is 1. The van der Waals surface area contributed by atoms with E-state index in [0.29, 0.717) is 6.54 Å². The standard InChI is InChI=1S/C10H15NO4/c12-9(13)4-6-11-5-2-1-3-8(11)7-10(14)15/h7H,1-6H2,(H,12,13)(H,14,15). The third-order valence-corrected chi connectivity index (χ3v) is 2.40. The molecule has 0 unspecified atom stereocenters. The molecule has 5 nitrogen and oxygen atoms in total. The zero-order chi connectivity index (χ0) is 11.3. The van der Waals surface area contributed by atoms with E-state index >= 15 is 0 Å². The van der Waals surface area contributed by atoms with Gasteiger partial charge in [-0.25, -0.2) is 4.79 Å². The molecular formula is C10H15NO4. The van der Waals surface area contributed by atoms with Crippen molar-refractivity contribution < 1.29 is 19.8 Å². The van der Waals surface area contributed by atoms with E-state index in [1.54, 1.807) is 0 Å². The summed E-state index contributed by atoms with van der Waals surface area (Å²) in [6.45, 7) is 1.15. The monoisotopic (exact) mass is 213 g/mol. The molecule has 5 heteroatoms. The molecule has 0 aromatic rings. The molecule has 0 aliphatic carbocycles. The van der Waals surface area contributed by atoms with E-state index in [9.17, 15) is 9.59 Å². The number of aliphatic carboxylic acids is 2. The molecule has 0 aromatic heterocycles. The highest BCUT2D eigenvalue weighted by molar-refractivity contribution is 5.80. The molecule has 1 aliphatic rings. The average molecular weight is 213 g/mol. The van der Waals surface area contributed by atoms with Crippen molar-refractivity contribution in [1.29, 1.82) is 0 Å². The van der Waals surface area contributed by atoms with Gasteiger partial charge >= 0.3 is 11.9 Å². The van der Waals surface area contributed by atoms with Gasteiger partial charge in [-0.1, -0.05) is 0 Å². The molecule has 0 aromatic carbocycles. The van der Waals surface area contributed by atoms with Crippen LogP contribution >= 0.6 is 0 Å². The topological polar surface area (TPSA) is 77.8 Å². The maximum Gasteiger partial charge on any atom is 0.330 e. The summed E-state index contributed by atoms with van der Waals surface area (Å²) in [5.41, 5.74) is 0.745. The molecule has 84 valence electrons. The van der Waals surface area contributed by atoms with Crippen molar-refractivity contribution in [2.45, 2.75) is 25.7 Å². The molecule has 1 aliphatic heterocycles. The molecular weight excluding hydrogens is 198 g/mol. The van der Waals surface area contributed by atoms with Gasteiger partial charge in [-0.15, -0.1) is 0 Å². The molecule has 0 saturated carbocycles. The van der Waals surface area contributed by atoms with Gasteiger partial charge in [-0.05, 0) is 19.3 Å². The Morgan fingerprint density at radius 2 is 2.07 bits per heavy atom. The smallest absolute Gasteiger partial charge is 0.330 e. The minimum atomic E-state index is -0.966. The SMILES string of the molecule is O=C(O)C=C1CCCCN1CCC(=O)O. The van der Waals surface area contributed by atoms with Crippen molar-refractivity contribution in [2.24, 2.45) is 0 Å². The first-order valence-corrected chi connectivity index (χ1v) is 5.00.